The first-order valence-corrected chi connectivity index (χ1v) is 14.7. The summed E-state index contributed by atoms with van der Waals surface area (Å²) in [4.78, 5) is 50.2. The lowest BCUT2D eigenvalue weighted by Crippen LogP contribution is -2.52. The number of allylic oxidation sites excluding steroid dienone is 1. The fourth-order valence-electron chi connectivity index (χ4n) is 5.06. The van der Waals surface area contributed by atoms with E-state index in [1.807, 2.05) is 13.0 Å². The molecular formula is C32H43N5O5. The Labute approximate surface area is 248 Å². The third kappa shape index (κ3) is 10.2. The summed E-state index contributed by atoms with van der Waals surface area (Å²) in [5, 5.41) is 8.95. The predicted molar refractivity (Wildman–Crippen MR) is 161 cm³/mol. The Morgan fingerprint density at radius 2 is 1.90 bits per heavy atom. The average Bonchev–Trinajstić information content (AvgIpc) is 2.99. The van der Waals surface area contributed by atoms with Gasteiger partial charge in [0, 0.05) is 61.8 Å². The number of nitrogens with two attached hydrogens (primary N) is 1. The summed E-state index contributed by atoms with van der Waals surface area (Å²) < 4.78 is 5.72. The van der Waals surface area contributed by atoms with Crippen LogP contribution in [0.1, 0.15) is 67.8 Å². The highest BCUT2D eigenvalue weighted by atomic mass is 16.5. The summed E-state index contributed by atoms with van der Waals surface area (Å²) in [6, 6.07) is 6.94. The Bertz CT molecular complexity index is 1220. The molecule has 1 unspecified atom stereocenters. The first kappa shape index (κ1) is 32.7. The van der Waals surface area contributed by atoms with Gasteiger partial charge in [-0.3, -0.25) is 24.5 Å². The quantitative estimate of drug-likeness (QED) is 0.0976. The highest BCUT2D eigenvalue weighted by Gasteiger charge is 2.32. The van der Waals surface area contributed by atoms with Crippen molar-refractivity contribution < 1.29 is 23.9 Å². The zero-order valence-corrected chi connectivity index (χ0v) is 24.6. The molecule has 10 heteroatoms. The number of nitrogens with one attached hydrogen (secondary N) is 3. The lowest BCUT2D eigenvalue weighted by Gasteiger charge is -2.30. The number of ether oxygens (including phenoxy) is 1. The van der Waals surface area contributed by atoms with Crippen molar-refractivity contribution in [2.24, 2.45) is 5.73 Å². The number of rotatable bonds is 12. The van der Waals surface area contributed by atoms with E-state index in [0.29, 0.717) is 55.3 Å². The topological polar surface area (TPSA) is 143 Å². The van der Waals surface area contributed by atoms with Crippen molar-refractivity contribution >= 4 is 23.6 Å². The Hall–Kier alpha value is -3.78. The molecule has 1 aromatic rings. The smallest absolute Gasteiger partial charge is 0.254 e. The predicted octanol–water partition coefficient (Wildman–Crippen LogP) is 1.80. The van der Waals surface area contributed by atoms with Crippen molar-refractivity contribution in [2.45, 2.75) is 70.0 Å². The number of hydrogen-bond acceptors (Lipinski definition) is 7. The lowest BCUT2D eigenvalue weighted by molar-refractivity contribution is -0.136. The normalized spacial score (nSPS) is 20.9. The van der Waals surface area contributed by atoms with Crippen molar-refractivity contribution in [3.63, 3.8) is 0 Å². The second-order valence-corrected chi connectivity index (χ2v) is 10.5. The van der Waals surface area contributed by atoms with E-state index in [4.69, 9.17) is 10.5 Å². The third-order valence-electron chi connectivity index (χ3n) is 7.46. The molecular weight excluding hydrogens is 534 g/mol. The lowest BCUT2D eigenvalue weighted by atomic mass is 9.91. The molecule has 1 aliphatic carbocycles. The molecule has 4 amide bonds. The standard InChI is InChI=1S/C32H43N5O5/c1-3-24(11-7-18-33)30(39)35-27-14-12-26(13-15-27)34-19-21-42-20-5-4-8-23-9-6-10-25(22-23)32(41)37(2)28-16-17-29(38)36-31(28)40/h3,6-7,9-11,22,26-28,34H,5,12-21,33H2,1-2H3,(H,35,39)(H,36,38,40)/b11-7-,24-3+. The van der Waals surface area contributed by atoms with E-state index < -0.39 is 11.9 Å². The summed E-state index contributed by atoms with van der Waals surface area (Å²) in [6.07, 6.45) is 10.3. The number of likely N-dealkylation sites (N-methyl/N-ethyl adjacent to an activating group) is 1. The first-order chi connectivity index (χ1) is 20.3. The summed E-state index contributed by atoms with van der Waals surface area (Å²) >= 11 is 0. The third-order valence-corrected chi connectivity index (χ3v) is 7.46. The minimum Gasteiger partial charge on any atom is -0.379 e. The summed E-state index contributed by atoms with van der Waals surface area (Å²) in [5.74, 6) is 5.06. The maximum atomic E-state index is 12.9. The SMILES string of the molecule is C/C=C(\C=C/CN)C(=O)NC1CCC(NCCOCCC#Cc2cccc(C(=O)N(C)C3CCC(=O)NC3=O)c2)CC1. The molecule has 2 fully saturated rings. The number of hydrogen-bond donors (Lipinski definition) is 4. The molecule has 1 saturated heterocycles. The summed E-state index contributed by atoms with van der Waals surface area (Å²) in [7, 11) is 1.57. The highest BCUT2D eigenvalue weighted by Crippen LogP contribution is 2.19. The number of benzene rings is 1. The van der Waals surface area contributed by atoms with E-state index in [9.17, 15) is 19.2 Å². The monoisotopic (exact) mass is 577 g/mol. The second-order valence-electron chi connectivity index (χ2n) is 10.5. The highest BCUT2D eigenvalue weighted by molar-refractivity contribution is 6.03. The van der Waals surface area contributed by atoms with Crippen molar-refractivity contribution in [1.82, 2.24) is 20.9 Å². The van der Waals surface area contributed by atoms with E-state index >= 15 is 0 Å². The summed E-state index contributed by atoms with van der Waals surface area (Å²) in [5.41, 5.74) is 7.27. The Morgan fingerprint density at radius 1 is 1.14 bits per heavy atom. The Morgan fingerprint density at radius 3 is 2.62 bits per heavy atom. The van der Waals surface area contributed by atoms with Crippen molar-refractivity contribution in [3.05, 3.63) is 59.2 Å². The minimum absolute atomic E-state index is 0.0475. The van der Waals surface area contributed by atoms with Crippen LogP contribution in [-0.2, 0) is 19.1 Å². The van der Waals surface area contributed by atoms with Crippen LogP contribution < -0.4 is 21.7 Å². The number of nitrogens with zero attached hydrogens (tertiary/aromatic N) is 1. The number of carbonyl (C=O) groups excluding carboxylic acids is 4. The fourth-order valence-corrected chi connectivity index (χ4v) is 5.06. The van der Waals surface area contributed by atoms with Crippen LogP contribution in [0.15, 0.2) is 48.1 Å². The maximum Gasteiger partial charge on any atom is 0.254 e. The second kappa shape index (κ2) is 17.2. The van der Waals surface area contributed by atoms with Gasteiger partial charge >= 0.3 is 0 Å². The molecule has 10 nitrogen and oxygen atoms in total. The van der Waals surface area contributed by atoms with Gasteiger partial charge in [0.1, 0.15) is 6.04 Å². The molecule has 1 atom stereocenters. The number of carbonyl (C=O) groups is 4. The van der Waals surface area contributed by atoms with Crippen molar-refractivity contribution in [1.29, 1.82) is 0 Å². The van der Waals surface area contributed by atoms with Gasteiger partial charge in [-0.15, -0.1) is 0 Å². The molecule has 226 valence electrons. The molecule has 1 aliphatic heterocycles. The molecule has 0 radical (unpaired) electrons. The van der Waals surface area contributed by atoms with Gasteiger partial charge in [0.05, 0.1) is 13.2 Å². The van der Waals surface area contributed by atoms with E-state index in [2.05, 4.69) is 27.8 Å². The number of piperidine rings is 1. The molecule has 0 aromatic heterocycles. The Balaban J connectivity index is 1.30. The van der Waals surface area contributed by atoms with Gasteiger partial charge in [0.25, 0.3) is 11.8 Å². The molecule has 1 aromatic carbocycles. The first-order valence-electron chi connectivity index (χ1n) is 14.7. The molecule has 42 heavy (non-hydrogen) atoms. The van der Waals surface area contributed by atoms with Gasteiger partial charge < -0.3 is 26.0 Å². The van der Waals surface area contributed by atoms with Gasteiger partial charge in [0.2, 0.25) is 11.8 Å². The van der Waals surface area contributed by atoms with E-state index in [1.54, 1.807) is 43.5 Å². The zero-order valence-electron chi connectivity index (χ0n) is 24.6. The van der Waals surface area contributed by atoms with Crippen LogP contribution in [0.25, 0.3) is 0 Å². The van der Waals surface area contributed by atoms with Crippen LogP contribution in [0, 0.1) is 11.8 Å². The van der Waals surface area contributed by atoms with Crippen LogP contribution in [0.2, 0.25) is 0 Å². The van der Waals surface area contributed by atoms with E-state index in [1.165, 1.54) is 4.90 Å². The van der Waals surface area contributed by atoms with Crippen LogP contribution in [-0.4, -0.2) is 80.0 Å². The summed E-state index contributed by atoms with van der Waals surface area (Å²) in [6.45, 7) is 4.11. The van der Waals surface area contributed by atoms with Crippen LogP contribution >= 0.6 is 0 Å². The van der Waals surface area contributed by atoms with Crippen LogP contribution in [0.5, 0.6) is 0 Å². The van der Waals surface area contributed by atoms with Gasteiger partial charge in [-0.2, -0.15) is 0 Å². The fraction of sp³-hybridized carbons (Fsp3) is 0.500. The molecule has 3 rings (SSSR count). The Kier molecular flexibility index (Phi) is 13.4. The number of amides is 4. The molecule has 0 spiro atoms. The van der Waals surface area contributed by atoms with Crippen LogP contribution in [0.3, 0.4) is 0 Å². The largest absolute Gasteiger partial charge is 0.379 e. The van der Waals surface area contributed by atoms with Gasteiger partial charge in [-0.1, -0.05) is 36.1 Å². The molecule has 1 heterocycles. The van der Waals surface area contributed by atoms with Crippen LogP contribution in [0.4, 0.5) is 0 Å². The van der Waals surface area contributed by atoms with Gasteiger partial charge in [-0.25, -0.2) is 0 Å². The minimum atomic E-state index is -0.666. The van der Waals surface area contributed by atoms with E-state index in [-0.39, 0.29) is 30.2 Å². The van der Waals surface area contributed by atoms with E-state index in [0.717, 1.165) is 32.2 Å². The maximum absolute atomic E-state index is 12.9. The molecule has 1 saturated carbocycles. The van der Waals surface area contributed by atoms with Gasteiger partial charge in [0.15, 0.2) is 0 Å². The molecule has 0 bridgehead atoms. The average molecular weight is 578 g/mol. The number of imide groups is 1. The van der Waals surface area contributed by atoms with Crippen molar-refractivity contribution in [3.8, 4) is 11.8 Å². The molecule has 2 aliphatic rings. The zero-order chi connectivity index (χ0) is 30.3. The van der Waals surface area contributed by atoms with Crippen molar-refractivity contribution in [2.75, 3.05) is 33.4 Å². The van der Waals surface area contributed by atoms with Gasteiger partial charge in [-0.05, 0) is 57.2 Å². The molecule has 5 N–H and O–H groups in total.